The van der Waals surface area contributed by atoms with E-state index in [1.165, 1.54) is 18.3 Å². The molecule has 0 spiro atoms. The van der Waals surface area contributed by atoms with Crippen molar-refractivity contribution in [1.82, 2.24) is 9.88 Å². The third-order valence-electron chi connectivity index (χ3n) is 4.81. The summed E-state index contributed by atoms with van der Waals surface area (Å²) in [6, 6.07) is 9.56. The minimum atomic E-state index is -1.16. The highest BCUT2D eigenvalue weighted by Gasteiger charge is 2.27. The van der Waals surface area contributed by atoms with Gasteiger partial charge in [0.1, 0.15) is 5.69 Å². The molecule has 2 amide bonds. The summed E-state index contributed by atoms with van der Waals surface area (Å²) in [6.45, 7) is 5.67. The minimum absolute atomic E-state index is 0.103. The molecule has 146 valence electrons. The van der Waals surface area contributed by atoms with Gasteiger partial charge in [0, 0.05) is 19.3 Å². The zero-order chi connectivity index (χ0) is 20.3. The van der Waals surface area contributed by atoms with Crippen LogP contribution < -0.4 is 5.32 Å². The molecule has 1 aliphatic rings. The third kappa shape index (κ3) is 4.36. The van der Waals surface area contributed by atoms with Crippen LogP contribution in [-0.2, 0) is 0 Å². The molecule has 1 aliphatic heterocycles. The summed E-state index contributed by atoms with van der Waals surface area (Å²) in [5.74, 6) is -0.840. The summed E-state index contributed by atoms with van der Waals surface area (Å²) in [7, 11) is 0. The standard InChI is InChI=1S/C21H23N3O4/c1-13-9-14(2)12-24(11-13)20(26)16-5-3-4-6-17(16)23-19(25)15-7-8-18(21(27)28)22-10-15/h3-8,10,13-14H,9,11-12H2,1-2H3,(H,23,25)(H,27,28). The number of hydrogen-bond donors (Lipinski definition) is 2. The van der Waals surface area contributed by atoms with Gasteiger partial charge in [0.05, 0.1) is 16.8 Å². The van der Waals surface area contributed by atoms with E-state index in [-0.39, 0.29) is 17.2 Å². The number of hydrogen-bond acceptors (Lipinski definition) is 4. The van der Waals surface area contributed by atoms with Gasteiger partial charge in [-0.1, -0.05) is 26.0 Å². The van der Waals surface area contributed by atoms with Crippen LogP contribution in [0.2, 0.25) is 0 Å². The molecule has 2 heterocycles. The van der Waals surface area contributed by atoms with E-state index in [1.807, 2.05) is 4.90 Å². The van der Waals surface area contributed by atoms with Gasteiger partial charge in [-0.3, -0.25) is 9.59 Å². The highest BCUT2D eigenvalue weighted by atomic mass is 16.4. The van der Waals surface area contributed by atoms with E-state index >= 15 is 0 Å². The number of nitrogens with zero attached hydrogens (tertiary/aromatic N) is 2. The van der Waals surface area contributed by atoms with Crippen molar-refractivity contribution in [2.45, 2.75) is 20.3 Å². The molecule has 1 aromatic carbocycles. The van der Waals surface area contributed by atoms with Crippen LogP contribution >= 0.6 is 0 Å². The molecule has 7 nitrogen and oxygen atoms in total. The molecule has 2 atom stereocenters. The Balaban J connectivity index is 1.79. The Bertz CT molecular complexity index is 885. The first kappa shape index (κ1) is 19.5. The number of pyridine rings is 1. The van der Waals surface area contributed by atoms with E-state index in [0.717, 1.165) is 6.42 Å². The molecule has 1 saturated heterocycles. The first-order valence-corrected chi connectivity index (χ1v) is 9.24. The Kier molecular flexibility index (Phi) is 5.73. The van der Waals surface area contributed by atoms with Crippen molar-refractivity contribution < 1.29 is 19.5 Å². The van der Waals surface area contributed by atoms with Crippen LogP contribution in [0.5, 0.6) is 0 Å². The SMILES string of the molecule is CC1CC(C)CN(C(=O)c2ccccc2NC(=O)c2ccc(C(=O)O)nc2)C1. The van der Waals surface area contributed by atoms with Crippen LogP contribution in [0.25, 0.3) is 0 Å². The van der Waals surface area contributed by atoms with Gasteiger partial charge in [0.25, 0.3) is 11.8 Å². The number of nitrogens with one attached hydrogen (secondary N) is 1. The molecule has 28 heavy (non-hydrogen) atoms. The first-order valence-electron chi connectivity index (χ1n) is 9.24. The predicted molar refractivity (Wildman–Crippen MR) is 104 cm³/mol. The van der Waals surface area contributed by atoms with Gasteiger partial charge in [-0.2, -0.15) is 0 Å². The number of rotatable bonds is 4. The number of carboxylic acid groups (broad SMARTS) is 1. The smallest absolute Gasteiger partial charge is 0.354 e. The van der Waals surface area contributed by atoms with Gasteiger partial charge in [0.2, 0.25) is 0 Å². The minimum Gasteiger partial charge on any atom is -0.477 e. The van der Waals surface area contributed by atoms with Crippen molar-refractivity contribution in [3.8, 4) is 0 Å². The molecular formula is C21H23N3O4. The maximum absolute atomic E-state index is 13.0. The molecule has 1 fully saturated rings. The van der Waals surface area contributed by atoms with Crippen LogP contribution in [0.1, 0.15) is 51.5 Å². The van der Waals surface area contributed by atoms with E-state index in [1.54, 1.807) is 24.3 Å². The van der Waals surface area contributed by atoms with Gasteiger partial charge in [0.15, 0.2) is 0 Å². The largest absolute Gasteiger partial charge is 0.477 e. The van der Waals surface area contributed by atoms with Crippen molar-refractivity contribution in [1.29, 1.82) is 0 Å². The average Bonchev–Trinajstić information content (AvgIpc) is 2.67. The summed E-state index contributed by atoms with van der Waals surface area (Å²) in [5, 5.41) is 11.6. The van der Waals surface area contributed by atoms with Crippen LogP contribution in [0.15, 0.2) is 42.6 Å². The predicted octanol–water partition coefficient (Wildman–Crippen LogP) is 3.15. The number of likely N-dealkylation sites (tertiary alicyclic amines) is 1. The molecule has 2 aromatic rings. The second-order valence-corrected chi connectivity index (χ2v) is 7.39. The van der Waals surface area contributed by atoms with Gasteiger partial charge in [-0.15, -0.1) is 0 Å². The van der Waals surface area contributed by atoms with Crippen molar-refractivity contribution in [2.75, 3.05) is 18.4 Å². The number of amides is 2. The van der Waals surface area contributed by atoms with Crippen LogP contribution in [0, 0.1) is 11.8 Å². The molecule has 3 rings (SSSR count). The average molecular weight is 381 g/mol. The molecule has 0 saturated carbocycles. The fraction of sp³-hybridized carbons (Fsp3) is 0.333. The normalized spacial score (nSPS) is 19.1. The maximum atomic E-state index is 13.0. The Labute approximate surface area is 163 Å². The summed E-state index contributed by atoms with van der Waals surface area (Å²) in [6.07, 6.45) is 2.30. The van der Waals surface area contributed by atoms with E-state index in [2.05, 4.69) is 24.1 Å². The lowest BCUT2D eigenvalue weighted by Gasteiger charge is -2.35. The Morgan fingerprint density at radius 2 is 1.75 bits per heavy atom. The van der Waals surface area contributed by atoms with Gasteiger partial charge in [-0.25, -0.2) is 9.78 Å². The Morgan fingerprint density at radius 3 is 2.36 bits per heavy atom. The van der Waals surface area contributed by atoms with Crippen LogP contribution in [0.3, 0.4) is 0 Å². The van der Waals surface area contributed by atoms with Gasteiger partial charge < -0.3 is 15.3 Å². The van der Waals surface area contributed by atoms with E-state index in [9.17, 15) is 14.4 Å². The number of carboxylic acids is 1. The number of benzene rings is 1. The molecular weight excluding hydrogens is 358 g/mol. The number of aromatic carboxylic acids is 1. The van der Waals surface area contributed by atoms with Gasteiger partial charge in [-0.05, 0) is 42.5 Å². The van der Waals surface area contributed by atoms with E-state index in [0.29, 0.717) is 36.2 Å². The van der Waals surface area contributed by atoms with Gasteiger partial charge >= 0.3 is 5.97 Å². The maximum Gasteiger partial charge on any atom is 0.354 e. The number of piperidine rings is 1. The number of para-hydroxylation sites is 1. The van der Waals surface area contributed by atoms with Crippen LogP contribution in [0.4, 0.5) is 5.69 Å². The second kappa shape index (κ2) is 8.21. The lowest BCUT2D eigenvalue weighted by atomic mass is 9.91. The fourth-order valence-corrected chi connectivity index (χ4v) is 3.63. The fourth-order valence-electron chi connectivity index (χ4n) is 3.63. The zero-order valence-corrected chi connectivity index (χ0v) is 15.9. The Hall–Kier alpha value is -3.22. The molecule has 2 N–H and O–H groups in total. The topological polar surface area (TPSA) is 99.6 Å². The van der Waals surface area contributed by atoms with E-state index < -0.39 is 11.9 Å². The number of carbonyl (C=O) groups is 3. The van der Waals surface area contributed by atoms with E-state index in [4.69, 9.17) is 5.11 Å². The highest BCUT2D eigenvalue weighted by Crippen LogP contribution is 2.25. The third-order valence-corrected chi connectivity index (χ3v) is 4.81. The molecule has 0 aliphatic carbocycles. The van der Waals surface area contributed by atoms with Crippen LogP contribution in [-0.4, -0.2) is 45.9 Å². The van der Waals surface area contributed by atoms with Crippen molar-refractivity contribution in [2.24, 2.45) is 11.8 Å². The lowest BCUT2D eigenvalue weighted by Crippen LogP contribution is -2.42. The molecule has 0 bridgehead atoms. The number of anilines is 1. The summed E-state index contributed by atoms with van der Waals surface area (Å²) < 4.78 is 0. The number of aromatic nitrogens is 1. The monoisotopic (exact) mass is 381 g/mol. The summed E-state index contributed by atoms with van der Waals surface area (Å²) in [5.41, 5.74) is 0.936. The first-order chi connectivity index (χ1) is 13.3. The van der Waals surface area contributed by atoms with Crippen molar-refractivity contribution in [3.05, 3.63) is 59.4 Å². The zero-order valence-electron chi connectivity index (χ0n) is 15.9. The second-order valence-electron chi connectivity index (χ2n) is 7.39. The summed E-state index contributed by atoms with van der Waals surface area (Å²) in [4.78, 5) is 42.1. The quantitative estimate of drug-likeness (QED) is 0.847. The molecule has 1 aromatic heterocycles. The molecule has 7 heteroatoms. The summed E-state index contributed by atoms with van der Waals surface area (Å²) >= 11 is 0. The molecule has 2 unspecified atom stereocenters. The lowest BCUT2D eigenvalue weighted by molar-refractivity contribution is 0.0623. The Morgan fingerprint density at radius 1 is 1.07 bits per heavy atom. The molecule has 0 radical (unpaired) electrons. The van der Waals surface area contributed by atoms with Crippen molar-refractivity contribution >= 4 is 23.5 Å². The van der Waals surface area contributed by atoms with Crippen molar-refractivity contribution in [3.63, 3.8) is 0 Å². The highest BCUT2D eigenvalue weighted by molar-refractivity contribution is 6.09. The number of carbonyl (C=O) groups excluding carboxylic acids is 2.